The Morgan fingerprint density at radius 3 is 2.70 bits per heavy atom. The quantitative estimate of drug-likeness (QED) is 0.918. The molecule has 20 heavy (non-hydrogen) atoms. The summed E-state index contributed by atoms with van der Waals surface area (Å²) in [5, 5.41) is 10.4. The van der Waals surface area contributed by atoms with E-state index >= 15 is 0 Å². The minimum absolute atomic E-state index is 0.451. The summed E-state index contributed by atoms with van der Waals surface area (Å²) in [6, 6.07) is 6.23. The third-order valence-corrected chi connectivity index (χ3v) is 4.46. The Morgan fingerprint density at radius 1 is 1.30 bits per heavy atom. The molecule has 0 amide bonds. The summed E-state index contributed by atoms with van der Waals surface area (Å²) < 4.78 is 0. The number of benzene rings is 1. The van der Waals surface area contributed by atoms with Crippen molar-refractivity contribution in [2.45, 2.75) is 33.4 Å². The summed E-state index contributed by atoms with van der Waals surface area (Å²) >= 11 is 1.67. The van der Waals surface area contributed by atoms with Crippen LogP contribution >= 0.6 is 11.3 Å². The Morgan fingerprint density at radius 2 is 2.05 bits per heavy atom. The van der Waals surface area contributed by atoms with Crippen LogP contribution in [0.25, 0.3) is 0 Å². The molecule has 0 aliphatic carbocycles. The second kappa shape index (κ2) is 6.48. The lowest BCUT2D eigenvalue weighted by molar-refractivity contribution is 0.123. The maximum atomic E-state index is 10.4. The molecule has 2 rings (SSSR count). The Bertz CT molecular complexity index is 580. The van der Waals surface area contributed by atoms with Crippen molar-refractivity contribution in [2.75, 3.05) is 13.6 Å². The SMILES string of the molecule is Cc1ccc(C)c([C@@H](O)CN(C)Cc2scnc2C)c1. The van der Waals surface area contributed by atoms with E-state index in [1.54, 1.807) is 11.3 Å². The third kappa shape index (κ3) is 3.66. The van der Waals surface area contributed by atoms with Gasteiger partial charge < -0.3 is 5.11 Å². The van der Waals surface area contributed by atoms with Crippen molar-refractivity contribution in [2.24, 2.45) is 0 Å². The first kappa shape index (κ1) is 15.2. The molecule has 0 spiro atoms. The molecule has 0 aliphatic rings. The van der Waals surface area contributed by atoms with Crippen LogP contribution in [0.1, 0.15) is 33.4 Å². The molecular weight excluding hydrogens is 268 g/mol. The average molecular weight is 290 g/mol. The lowest BCUT2D eigenvalue weighted by Crippen LogP contribution is -2.24. The van der Waals surface area contributed by atoms with Gasteiger partial charge in [0.05, 0.1) is 17.3 Å². The van der Waals surface area contributed by atoms with Gasteiger partial charge in [0.1, 0.15) is 0 Å². The minimum Gasteiger partial charge on any atom is -0.387 e. The van der Waals surface area contributed by atoms with Gasteiger partial charge in [-0.3, -0.25) is 4.90 Å². The van der Waals surface area contributed by atoms with Crippen molar-refractivity contribution in [3.63, 3.8) is 0 Å². The van der Waals surface area contributed by atoms with Crippen LogP contribution in [0.4, 0.5) is 0 Å². The number of aliphatic hydroxyl groups is 1. The van der Waals surface area contributed by atoms with Crippen molar-refractivity contribution in [1.29, 1.82) is 0 Å². The summed E-state index contributed by atoms with van der Waals surface area (Å²) in [6.07, 6.45) is -0.451. The average Bonchev–Trinajstić information content (AvgIpc) is 2.77. The lowest BCUT2D eigenvalue weighted by Gasteiger charge is -2.22. The molecule has 1 atom stereocenters. The molecule has 0 saturated heterocycles. The number of aliphatic hydroxyl groups excluding tert-OH is 1. The van der Waals surface area contributed by atoms with E-state index in [0.29, 0.717) is 6.54 Å². The van der Waals surface area contributed by atoms with E-state index in [4.69, 9.17) is 0 Å². The highest BCUT2D eigenvalue weighted by Gasteiger charge is 2.14. The van der Waals surface area contributed by atoms with E-state index in [1.807, 2.05) is 26.4 Å². The smallest absolute Gasteiger partial charge is 0.0919 e. The number of aromatic nitrogens is 1. The fourth-order valence-electron chi connectivity index (χ4n) is 2.30. The second-order valence-corrected chi connectivity index (χ2v) is 6.37. The molecule has 0 aliphatic heterocycles. The maximum absolute atomic E-state index is 10.4. The van der Waals surface area contributed by atoms with Gasteiger partial charge in [-0.05, 0) is 38.9 Å². The topological polar surface area (TPSA) is 36.4 Å². The van der Waals surface area contributed by atoms with Crippen LogP contribution in [0.5, 0.6) is 0 Å². The fourth-order valence-corrected chi connectivity index (χ4v) is 3.16. The molecule has 0 unspecified atom stereocenters. The predicted octanol–water partition coefficient (Wildman–Crippen LogP) is 3.23. The largest absolute Gasteiger partial charge is 0.387 e. The van der Waals surface area contributed by atoms with E-state index in [-0.39, 0.29) is 0 Å². The second-order valence-electron chi connectivity index (χ2n) is 5.43. The van der Waals surface area contributed by atoms with Crippen LogP contribution in [0.15, 0.2) is 23.7 Å². The first-order valence-corrected chi connectivity index (χ1v) is 7.68. The van der Waals surface area contributed by atoms with E-state index in [2.05, 4.69) is 35.0 Å². The Hall–Kier alpha value is -1.23. The molecule has 4 heteroatoms. The van der Waals surface area contributed by atoms with Crippen LogP contribution < -0.4 is 0 Å². The van der Waals surface area contributed by atoms with Crippen molar-refractivity contribution in [3.8, 4) is 0 Å². The van der Waals surface area contributed by atoms with Gasteiger partial charge in [0, 0.05) is 18.0 Å². The van der Waals surface area contributed by atoms with Crippen molar-refractivity contribution in [3.05, 3.63) is 51.0 Å². The summed E-state index contributed by atoms with van der Waals surface area (Å²) in [5.74, 6) is 0. The molecule has 1 aromatic heterocycles. The predicted molar refractivity (Wildman–Crippen MR) is 84.1 cm³/mol. The third-order valence-electron chi connectivity index (χ3n) is 3.54. The number of hydrogen-bond acceptors (Lipinski definition) is 4. The zero-order valence-corrected chi connectivity index (χ0v) is 13.4. The normalized spacial score (nSPS) is 12.9. The molecule has 0 fully saturated rings. The highest BCUT2D eigenvalue weighted by atomic mass is 32.1. The fraction of sp³-hybridized carbons (Fsp3) is 0.438. The zero-order chi connectivity index (χ0) is 14.7. The molecule has 1 heterocycles. The summed E-state index contributed by atoms with van der Waals surface area (Å²) in [5.41, 5.74) is 6.32. The molecule has 1 N–H and O–H groups in total. The Balaban J connectivity index is 2.02. The number of rotatable bonds is 5. The van der Waals surface area contributed by atoms with Crippen LogP contribution in [0.3, 0.4) is 0 Å². The first-order chi connectivity index (χ1) is 9.47. The van der Waals surface area contributed by atoms with Crippen LogP contribution in [-0.2, 0) is 6.54 Å². The number of likely N-dealkylation sites (N-methyl/N-ethyl adjacent to an activating group) is 1. The first-order valence-electron chi connectivity index (χ1n) is 6.80. The van der Waals surface area contributed by atoms with Crippen molar-refractivity contribution >= 4 is 11.3 Å². The number of nitrogens with zero attached hydrogens (tertiary/aromatic N) is 2. The van der Waals surface area contributed by atoms with E-state index in [0.717, 1.165) is 23.4 Å². The van der Waals surface area contributed by atoms with Gasteiger partial charge in [0.15, 0.2) is 0 Å². The lowest BCUT2D eigenvalue weighted by atomic mass is 10.0. The molecule has 0 saturated carbocycles. The molecule has 1 aromatic carbocycles. The monoisotopic (exact) mass is 290 g/mol. The van der Waals surface area contributed by atoms with Crippen LogP contribution in [0.2, 0.25) is 0 Å². The van der Waals surface area contributed by atoms with Crippen LogP contribution in [-0.4, -0.2) is 28.6 Å². The van der Waals surface area contributed by atoms with E-state index in [9.17, 15) is 5.11 Å². The van der Waals surface area contributed by atoms with Gasteiger partial charge in [0.2, 0.25) is 0 Å². The highest BCUT2D eigenvalue weighted by molar-refractivity contribution is 7.09. The van der Waals surface area contributed by atoms with Gasteiger partial charge in [-0.25, -0.2) is 4.98 Å². The molecule has 108 valence electrons. The summed E-state index contributed by atoms with van der Waals surface area (Å²) in [4.78, 5) is 7.67. The molecular formula is C16H22N2OS. The van der Waals surface area contributed by atoms with Gasteiger partial charge in [-0.1, -0.05) is 23.8 Å². The van der Waals surface area contributed by atoms with Gasteiger partial charge in [-0.15, -0.1) is 11.3 Å². The number of thiazole rings is 1. The summed E-state index contributed by atoms with van der Waals surface area (Å²) in [6.45, 7) is 7.59. The van der Waals surface area contributed by atoms with Crippen LogP contribution in [0, 0.1) is 20.8 Å². The van der Waals surface area contributed by atoms with E-state index < -0.39 is 6.10 Å². The van der Waals surface area contributed by atoms with Gasteiger partial charge >= 0.3 is 0 Å². The number of aryl methyl sites for hydroxylation is 3. The molecule has 0 bridgehead atoms. The zero-order valence-electron chi connectivity index (χ0n) is 12.6. The van der Waals surface area contributed by atoms with Crippen molar-refractivity contribution in [1.82, 2.24) is 9.88 Å². The van der Waals surface area contributed by atoms with Crippen molar-refractivity contribution < 1.29 is 5.11 Å². The Kier molecular flexibility index (Phi) is 4.91. The highest BCUT2D eigenvalue weighted by Crippen LogP contribution is 2.21. The Labute approximate surface area is 124 Å². The van der Waals surface area contributed by atoms with Gasteiger partial charge in [-0.2, -0.15) is 0 Å². The molecule has 3 nitrogen and oxygen atoms in total. The maximum Gasteiger partial charge on any atom is 0.0919 e. The molecule has 0 radical (unpaired) electrons. The molecule has 2 aromatic rings. The van der Waals surface area contributed by atoms with E-state index in [1.165, 1.54) is 10.4 Å². The number of hydrogen-bond donors (Lipinski definition) is 1. The van der Waals surface area contributed by atoms with Gasteiger partial charge in [0.25, 0.3) is 0 Å². The summed E-state index contributed by atoms with van der Waals surface area (Å²) in [7, 11) is 2.04. The minimum atomic E-state index is -0.451. The standard InChI is InChI=1S/C16H22N2OS/c1-11-5-6-12(2)14(7-11)15(19)8-18(4)9-16-13(3)17-10-20-16/h5-7,10,15,19H,8-9H2,1-4H3/t15-/m0/s1.